The first-order chi connectivity index (χ1) is 26.2. The van der Waals surface area contributed by atoms with E-state index in [-0.39, 0.29) is 52.4 Å². The summed E-state index contributed by atoms with van der Waals surface area (Å²) in [6.07, 6.45) is 9.04. The zero-order chi connectivity index (χ0) is 40.4. The Labute approximate surface area is 338 Å². The summed E-state index contributed by atoms with van der Waals surface area (Å²) < 4.78 is 32.3. The molecule has 3 aliphatic heterocycles. The number of ether oxygens (including phenoxy) is 5. The van der Waals surface area contributed by atoms with Gasteiger partial charge in [-0.15, -0.1) is 0 Å². The predicted octanol–water partition coefficient (Wildman–Crippen LogP) is 7.42. The van der Waals surface area contributed by atoms with E-state index in [1.807, 2.05) is 46.4 Å². The van der Waals surface area contributed by atoms with Gasteiger partial charge in [-0.1, -0.05) is 48.0 Å². The quantitative estimate of drug-likeness (QED) is 0.247. The van der Waals surface area contributed by atoms with Crippen LogP contribution in [0.2, 0.25) is 0 Å². The van der Waals surface area contributed by atoms with Gasteiger partial charge in [0.1, 0.15) is 11.7 Å². The standard InChI is InChI=1S/C46H78N2O8/c1-12-28-23-30(38(52-14-3)43(10,51)13-2)54-36-35(28)42(9)19-20-46-27-45(46)18-17-33(41(7,8)31(45)15-16-32(46)44(42,11)37(36)49)55-34-26-47(21-22-53-34)29-24-48(25-29)39(50)56-40(4,5)6/h28-38,49,51H,12-27H2,1-11H3/t28?,30?,31-,32?,33?,34-,35-,36?,37-,38?,42?,43?,44+,45?,46?/m0/s1. The Morgan fingerprint density at radius 1 is 0.946 bits per heavy atom. The van der Waals surface area contributed by atoms with Crippen molar-refractivity contribution in [2.45, 2.75) is 194 Å². The minimum Gasteiger partial charge on any atom is -0.444 e. The topological polar surface area (TPSA) is 110 Å². The summed E-state index contributed by atoms with van der Waals surface area (Å²) in [4.78, 5) is 16.9. The fraction of sp³-hybridized carbons (Fsp3) is 0.978. The van der Waals surface area contributed by atoms with Crippen LogP contribution in [0.15, 0.2) is 0 Å². The molecule has 5 aliphatic carbocycles. The second-order valence-electron chi connectivity index (χ2n) is 22.3. The number of morpholine rings is 1. The summed E-state index contributed by atoms with van der Waals surface area (Å²) in [6, 6.07) is 0.316. The number of carbonyl (C=O) groups is 1. The normalized spacial score (nSPS) is 47.6. The summed E-state index contributed by atoms with van der Waals surface area (Å²) in [5.41, 5.74) is -1.12. The van der Waals surface area contributed by atoms with Crippen LogP contribution in [0, 0.1) is 50.7 Å². The van der Waals surface area contributed by atoms with E-state index in [9.17, 15) is 15.0 Å². The highest BCUT2D eigenvalue weighted by atomic mass is 16.7. The zero-order valence-corrected chi connectivity index (χ0v) is 36.9. The van der Waals surface area contributed by atoms with Crippen molar-refractivity contribution in [3.8, 4) is 0 Å². The molecule has 3 heterocycles. The third-order valence-electron chi connectivity index (χ3n) is 18.5. The number of carbonyl (C=O) groups excluding carboxylic acids is 1. The fourth-order valence-corrected chi connectivity index (χ4v) is 15.4. The van der Waals surface area contributed by atoms with Gasteiger partial charge in [-0.2, -0.15) is 0 Å². The number of hydrogen-bond acceptors (Lipinski definition) is 9. The van der Waals surface area contributed by atoms with Crippen molar-refractivity contribution < 1.29 is 38.7 Å². The SMILES string of the molecule is CCOC(C1CC(CC)[C@H]2C(O1)[C@H](O)[C@@]1(C)C3CC[C@H]4C(C)(C)C(O[C@H]5CN(C6CN(C(=O)OC(C)(C)C)C6)CCO5)CCC45CC35CCC21C)C(C)(O)CC. The van der Waals surface area contributed by atoms with Crippen LogP contribution in [0.5, 0.6) is 0 Å². The number of nitrogens with zero attached hydrogens (tertiary/aromatic N) is 2. The molecule has 15 atom stereocenters. The first kappa shape index (κ1) is 41.7. The molecular weight excluding hydrogens is 709 g/mol. The van der Waals surface area contributed by atoms with Crippen LogP contribution in [-0.4, -0.2) is 120 Å². The minimum absolute atomic E-state index is 0.00591. The van der Waals surface area contributed by atoms with E-state index in [0.717, 1.165) is 45.2 Å². The molecule has 10 unspecified atom stereocenters. The average Bonchev–Trinajstić information content (AvgIpc) is 3.75. The average molecular weight is 787 g/mol. The Balaban J connectivity index is 0.961. The molecule has 320 valence electrons. The van der Waals surface area contributed by atoms with Crippen molar-refractivity contribution in [2.24, 2.45) is 50.7 Å². The highest BCUT2D eigenvalue weighted by Crippen LogP contribution is 2.89. The van der Waals surface area contributed by atoms with E-state index in [4.69, 9.17) is 23.7 Å². The van der Waals surface area contributed by atoms with Gasteiger partial charge in [0.15, 0.2) is 6.29 Å². The Kier molecular flexibility index (Phi) is 10.4. The predicted molar refractivity (Wildman–Crippen MR) is 215 cm³/mol. The van der Waals surface area contributed by atoms with Crippen molar-refractivity contribution in [1.82, 2.24) is 9.80 Å². The molecule has 56 heavy (non-hydrogen) atoms. The molecule has 8 aliphatic rings. The summed E-state index contributed by atoms with van der Waals surface area (Å²) >= 11 is 0. The molecule has 8 fully saturated rings. The first-order valence-electron chi connectivity index (χ1n) is 22.9. The van der Waals surface area contributed by atoms with Gasteiger partial charge in [0.25, 0.3) is 0 Å². The molecule has 3 saturated heterocycles. The molecule has 10 heteroatoms. The molecule has 0 aromatic carbocycles. The van der Waals surface area contributed by atoms with E-state index in [1.165, 1.54) is 25.7 Å². The van der Waals surface area contributed by atoms with Crippen LogP contribution in [0.3, 0.4) is 0 Å². The fourth-order valence-electron chi connectivity index (χ4n) is 15.4. The molecule has 0 aromatic heterocycles. The molecule has 8 rings (SSSR count). The molecule has 0 radical (unpaired) electrons. The van der Waals surface area contributed by atoms with E-state index < -0.39 is 23.4 Å². The lowest BCUT2D eigenvalue weighted by Crippen LogP contribution is -2.64. The van der Waals surface area contributed by atoms with E-state index >= 15 is 0 Å². The smallest absolute Gasteiger partial charge is 0.410 e. The van der Waals surface area contributed by atoms with Crippen molar-refractivity contribution in [2.75, 3.05) is 39.4 Å². The van der Waals surface area contributed by atoms with Gasteiger partial charge in [-0.25, -0.2) is 4.79 Å². The van der Waals surface area contributed by atoms with Crippen LogP contribution in [-0.2, 0) is 23.7 Å². The van der Waals surface area contributed by atoms with E-state index in [0.29, 0.717) is 67.9 Å². The second-order valence-corrected chi connectivity index (χ2v) is 22.3. The monoisotopic (exact) mass is 787 g/mol. The number of amides is 1. The van der Waals surface area contributed by atoms with Crippen molar-refractivity contribution in [3.63, 3.8) is 0 Å². The molecule has 0 aromatic rings. The Bertz CT molecular complexity index is 1480. The van der Waals surface area contributed by atoms with E-state index in [1.54, 1.807) is 0 Å². The summed E-state index contributed by atoms with van der Waals surface area (Å²) in [6.45, 7) is 28.1. The van der Waals surface area contributed by atoms with Crippen LogP contribution in [0.1, 0.15) is 140 Å². The van der Waals surface area contributed by atoms with Gasteiger partial charge in [-0.05, 0) is 138 Å². The maximum Gasteiger partial charge on any atom is 0.410 e. The maximum atomic E-state index is 12.8. The lowest BCUT2D eigenvalue weighted by atomic mass is 9.41. The van der Waals surface area contributed by atoms with Gasteiger partial charge in [0, 0.05) is 37.7 Å². The minimum atomic E-state index is -0.988. The highest BCUT2D eigenvalue weighted by molar-refractivity contribution is 5.69. The number of fused-ring (bicyclic) bond motifs is 4. The van der Waals surface area contributed by atoms with Crippen LogP contribution < -0.4 is 0 Å². The third kappa shape index (κ3) is 6.04. The molecule has 5 saturated carbocycles. The number of hydrogen-bond donors (Lipinski definition) is 2. The summed E-state index contributed by atoms with van der Waals surface area (Å²) in [5.74, 6) is 1.78. The van der Waals surface area contributed by atoms with Gasteiger partial charge < -0.3 is 38.8 Å². The molecular formula is C46H78N2O8. The van der Waals surface area contributed by atoms with Gasteiger partial charge >= 0.3 is 6.09 Å². The number of likely N-dealkylation sites (tertiary alicyclic amines) is 1. The Morgan fingerprint density at radius 2 is 1.64 bits per heavy atom. The van der Waals surface area contributed by atoms with Crippen molar-refractivity contribution in [1.29, 1.82) is 0 Å². The second kappa shape index (κ2) is 14.0. The lowest BCUT2D eigenvalue weighted by molar-refractivity contribution is -0.253. The third-order valence-corrected chi connectivity index (χ3v) is 18.5. The van der Waals surface area contributed by atoms with Crippen LogP contribution >= 0.6 is 0 Å². The molecule has 1 amide bonds. The van der Waals surface area contributed by atoms with E-state index in [2.05, 4.69) is 39.5 Å². The highest BCUT2D eigenvalue weighted by Gasteiger charge is 2.85. The van der Waals surface area contributed by atoms with Crippen LogP contribution in [0.4, 0.5) is 4.79 Å². The number of rotatable bonds is 9. The number of aliphatic hydroxyl groups excluding tert-OH is 1. The molecule has 2 spiro atoms. The molecule has 2 N–H and O–H groups in total. The van der Waals surface area contributed by atoms with Crippen molar-refractivity contribution in [3.05, 3.63) is 0 Å². The van der Waals surface area contributed by atoms with Gasteiger partial charge in [-0.3, -0.25) is 4.90 Å². The largest absolute Gasteiger partial charge is 0.444 e. The summed E-state index contributed by atoms with van der Waals surface area (Å²) in [7, 11) is 0. The Hall–Kier alpha value is -1.01. The lowest BCUT2D eigenvalue weighted by Gasteiger charge is -2.64. The number of aliphatic hydroxyl groups is 2. The van der Waals surface area contributed by atoms with Crippen LogP contribution in [0.25, 0.3) is 0 Å². The zero-order valence-electron chi connectivity index (χ0n) is 36.9. The van der Waals surface area contributed by atoms with Gasteiger partial charge in [0.05, 0.1) is 43.2 Å². The maximum absolute atomic E-state index is 12.8. The van der Waals surface area contributed by atoms with Gasteiger partial charge in [0.2, 0.25) is 0 Å². The summed E-state index contributed by atoms with van der Waals surface area (Å²) in [5, 5.41) is 24.3. The first-order valence-corrected chi connectivity index (χ1v) is 22.9. The molecule has 0 bridgehead atoms. The van der Waals surface area contributed by atoms with Crippen molar-refractivity contribution >= 4 is 6.09 Å². The molecule has 10 nitrogen and oxygen atoms in total. The Morgan fingerprint density at radius 3 is 2.30 bits per heavy atom.